The van der Waals surface area contributed by atoms with Crippen LogP contribution >= 0.6 is 15.6 Å². The molecular formula is C83H136O17P2. The summed E-state index contributed by atoms with van der Waals surface area (Å²) in [5.41, 5.74) is 0. The number of ether oxygens (including phenoxy) is 4. The first-order valence-corrected chi connectivity index (χ1v) is 41.7. The highest BCUT2D eigenvalue weighted by Crippen LogP contribution is 2.45. The molecule has 0 amide bonds. The molecule has 5 unspecified atom stereocenters. The minimum Gasteiger partial charge on any atom is -0.462 e. The van der Waals surface area contributed by atoms with Crippen LogP contribution < -0.4 is 0 Å². The summed E-state index contributed by atoms with van der Waals surface area (Å²) in [6.45, 7) is 4.43. The van der Waals surface area contributed by atoms with Gasteiger partial charge >= 0.3 is 39.5 Å². The van der Waals surface area contributed by atoms with Gasteiger partial charge < -0.3 is 33.8 Å². The van der Waals surface area contributed by atoms with Crippen molar-refractivity contribution in [1.29, 1.82) is 0 Å². The van der Waals surface area contributed by atoms with E-state index in [0.29, 0.717) is 38.5 Å². The van der Waals surface area contributed by atoms with Crippen LogP contribution in [-0.4, -0.2) is 96.7 Å². The number of allylic oxidation sites excluding steroid dienone is 26. The van der Waals surface area contributed by atoms with Crippen LogP contribution in [0.15, 0.2) is 158 Å². The first-order chi connectivity index (χ1) is 49.7. The Morgan fingerprint density at radius 1 is 0.284 bits per heavy atom. The van der Waals surface area contributed by atoms with Gasteiger partial charge in [-0.05, 0) is 135 Å². The smallest absolute Gasteiger partial charge is 0.462 e. The predicted molar refractivity (Wildman–Crippen MR) is 417 cm³/mol. The second-order valence-corrected chi connectivity index (χ2v) is 28.1. The van der Waals surface area contributed by atoms with Gasteiger partial charge in [-0.15, -0.1) is 0 Å². The van der Waals surface area contributed by atoms with E-state index in [1.165, 1.54) is 57.8 Å². The molecule has 0 aliphatic rings. The van der Waals surface area contributed by atoms with Crippen LogP contribution in [0.5, 0.6) is 0 Å². The highest BCUT2D eigenvalue weighted by Gasteiger charge is 2.30. The molecule has 0 fully saturated rings. The van der Waals surface area contributed by atoms with Crippen molar-refractivity contribution >= 4 is 39.5 Å². The van der Waals surface area contributed by atoms with E-state index in [9.17, 15) is 43.2 Å². The molecule has 0 spiro atoms. The molecular weight excluding hydrogens is 1330 g/mol. The third-order valence-electron chi connectivity index (χ3n) is 15.5. The molecule has 0 radical (unpaired) electrons. The Morgan fingerprint density at radius 2 is 0.539 bits per heavy atom. The average Bonchev–Trinajstić information content (AvgIpc) is 0.926. The molecule has 0 aliphatic heterocycles. The van der Waals surface area contributed by atoms with E-state index < -0.39 is 97.5 Å². The van der Waals surface area contributed by atoms with Gasteiger partial charge in [-0.2, -0.15) is 0 Å². The minimum absolute atomic E-state index is 0.0321. The number of phosphoric ester groups is 2. The molecule has 0 aromatic rings. The molecule has 0 saturated carbocycles. The molecule has 0 heterocycles. The van der Waals surface area contributed by atoms with Gasteiger partial charge in [0.2, 0.25) is 0 Å². The van der Waals surface area contributed by atoms with Crippen molar-refractivity contribution in [3.63, 3.8) is 0 Å². The maximum absolute atomic E-state index is 13.1. The number of phosphoric acid groups is 2. The summed E-state index contributed by atoms with van der Waals surface area (Å²) < 4.78 is 68.3. The van der Waals surface area contributed by atoms with Gasteiger partial charge in [-0.1, -0.05) is 282 Å². The van der Waals surface area contributed by atoms with Crippen LogP contribution in [0.1, 0.15) is 285 Å². The van der Waals surface area contributed by atoms with Crippen LogP contribution in [-0.2, 0) is 65.4 Å². The molecule has 17 nitrogen and oxygen atoms in total. The molecule has 0 rings (SSSR count). The number of hydrogen-bond donors (Lipinski definition) is 3. The number of carbonyl (C=O) groups excluding carboxylic acids is 4. The van der Waals surface area contributed by atoms with Crippen LogP contribution in [0.25, 0.3) is 0 Å². The van der Waals surface area contributed by atoms with Gasteiger partial charge in [0.25, 0.3) is 0 Å². The first-order valence-electron chi connectivity index (χ1n) is 38.7. The fourth-order valence-corrected chi connectivity index (χ4v) is 11.2. The highest BCUT2D eigenvalue weighted by molar-refractivity contribution is 7.47. The number of aliphatic hydroxyl groups excluding tert-OH is 1. The maximum atomic E-state index is 13.1. The largest absolute Gasteiger partial charge is 0.472 e. The normalized spacial score (nSPS) is 14.8. The number of unbranched alkanes of at least 4 members (excludes halogenated alkanes) is 19. The standard InChI is InChI=1S/C83H136O17P2/c1-5-9-13-17-21-25-29-32-35-37-38-40-43-45-49-52-56-60-64-68-80(85)93-73-78(99-82(87)69-65-61-57-53-47-28-24-20-16-12-8-4)75-97-101(89,90)95-71-77(84)72-96-102(91,92)98-76-79(100-83(88)70-66-62-58-54-50-46-41-34-31-27-23-19-15-11-7-3)74-94-81(86)67-63-59-55-51-48-44-42-39-36-33-30-26-22-18-14-10-6-2/h9-10,13-14,21-23,25-27,32-36,38,40-42,44-45,49,51,55-56,60,77-79,84H,5-8,11-12,15-20,24,28-31,37,39,43,46-48,50,52-54,57-59,61-76H2,1-4H3,(H,89,90)(H,91,92)/b13-9-,14-10-,25-21-,26-22-,27-23-,35-32-,36-33-,40-38-,41-34-,44-42-,49-45-,55-51-,60-56-. The summed E-state index contributed by atoms with van der Waals surface area (Å²) >= 11 is 0. The molecule has 0 aromatic heterocycles. The maximum Gasteiger partial charge on any atom is 0.472 e. The number of carbonyl (C=O) groups is 4. The van der Waals surface area contributed by atoms with Gasteiger partial charge in [-0.3, -0.25) is 37.3 Å². The van der Waals surface area contributed by atoms with Crippen LogP contribution in [0.3, 0.4) is 0 Å². The molecule has 19 heteroatoms. The lowest BCUT2D eigenvalue weighted by Gasteiger charge is -2.21. The summed E-state index contributed by atoms with van der Waals surface area (Å²) in [5, 5.41) is 10.6. The lowest BCUT2D eigenvalue weighted by molar-refractivity contribution is -0.161. The van der Waals surface area contributed by atoms with E-state index in [4.69, 9.17) is 37.0 Å². The Morgan fingerprint density at radius 3 is 0.892 bits per heavy atom. The van der Waals surface area contributed by atoms with Crippen molar-refractivity contribution in [3.8, 4) is 0 Å². The van der Waals surface area contributed by atoms with Gasteiger partial charge in [0.15, 0.2) is 12.2 Å². The molecule has 3 N–H and O–H groups in total. The van der Waals surface area contributed by atoms with Crippen LogP contribution in [0.4, 0.5) is 0 Å². The molecule has 0 saturated heterocycles. The SMILES string of the molecule is CC/C=C\C/C=C\C/C=C\C/C=C\C/C=C\C/C=C\CCC(=O)OCC(COP(=O)(O)OCC(O)COP(=O)(O)OCC(COC(=O)CCC/C=C\C/C=C\C/C=C\C/C=C\C/C=C\CC)OC(=O)CCCCCCC/C=C\C/C=C\CCCCC)OC(=O)CCCCCCCCCCCCC. The van der Waals surface area contributed by atoms with E-state index in [2.05, 4.69) is 155 Å². The van der Waals surface area contributed by atoms with E-state index >= 15 is 0 Å². The third-order valence-corrected chi connectivity index (χ3v) is 17.4. The summed E-state index contributed by atoms with van der Waals surface area (Å²) in [5.74, 6) is -2.36. The fourth-order valence-electron chi connectivity index (χ4n) is 9.66. The van der Waals surface area contributed by atoms with Crippen molar-refractivity contribution in [2.75, 3.05) is 39.6 Å². The number of aliphatic hydroxyl groups is 1. The van der Waals surface area contributed by atoms with E-state index in [0.717, 1.165) is 135 Å². The van der Waals surface area contributed by atoms with Crippen LogP contribution in [0, 0.1) is 0 Å². The molecule has 580 valence electrons. The minimum atomic E-state index is -5.00. The summed E-state index contributed by atoms with van der Waals surface area (Å²) in [6.07, 6.45) is 85.4. The molecule has 102 heavy (non-hydrogen) atoms. The first kappa shape index (κ1) is 96.7. The lowest BCUT2D eigenvalue weighted by atomic mass is 10.1. The molecule has 0 aliphatic carbocycles. The monoisotopic (exact) mass is 1470 g/mol. The summed E-state index contributed by atoms with van der Waals surface area (Å²) in [7, 11) is -10.00. The average molecular weight is 1470 g/mol. The zero-order valence-corrected chi connectivity index (χ0v) is 65.0. The van der Waals surface area contributed by atoms with Crippen molar-refractivity contribution in [3.05, 3.63) is 158 Å². The zero-order valence-electron chi connectivity index (χ0n) is 63.2. The molecule has 0 aromatic carbocycles. The Kier molecular flexibility index (Phi) is 70.1. The topological polar surface area (TPSA) is 237 Å². The van der Waals surface area contributed by atoms with Gasteiger partial charge in [0, 0.05) is 25.7 Å². The predicted octanol–water partition coefficient (Wildman–Crippen LogP) is 22.4. The second-order valence-electron chi connectivity index (χ2n) is 25.2. The fraction of sp³-hybridized carbons (Fsp3) is 0.639. The van der Waals surface area contributed by atoms with Gasteiger partial charge in [0.1, 0.15) is 19.3 Å². The van der Waals surface area contributed by atoms with E-state index in [1.54, 1.807) is 0 Å². The third kappa shape index (κ3) is 73.0. The van der Waals surface area contributed by atoms with Crippen molar-refractivity contribution in [2.24, 2.45) is 0 Å². The Hall–Kier alpha value is -5.32. The Balaban J connectivity index is 5.45. The van der Waals surface area contributed by atoms with Crippen molar-refractivity contribution < 1.29 is 80.2 Å². The summed E-state index contributed by atoms with van der Waals surface area (Å²) in [6, 6.07) is 0. The van der Waals surface area contributed by atoms with E-state index in [1.807, 2.05) is 30.4 Å². The highest BCUT2D eigenvalue weighted by atomic mass is 31.2. The summed E-state index contributed by atoms with van der Waals surface area (Å²) in [4.78, 5) is 72.8. The van der Waals surface area contributed by atoms with Crippen LogP contribution in [0.2, 0.25) is 0 Å². The lowest BCUT2D eigenvalue weighted by Crippen LogP contribution is -2.30. The number of rotatable bonds is 71. The van der Waals surface area contributed by atoms with Gasteiger partial charge in [-0.25, -0.2) is 9.13 Å². The Labute approximate surface area is 617 Å². The zero-order chi connectivity index (χ0) is 74.6. The van der Waals surface area contributed by atoms with E-state index in [-0.39, 0.29) is 25.7 Å². The second kappa shape index (κ2) is 74.0. The number of hydrogen-bond acceptors (Lipinski definition) is 15. The molecule has 0 bridgehead atoms. The Bertz CT molecular complexity index is 2550. The van der Waals surface area contributed by atoms with Crippen molar-refractivity contribution in [1.82, 2.24) is 0 Å². The quantitative estimate of drug-likeness (QED) is 0.0169. The van der Waals surface area contributed by atoms with Crippen molar-refractivity contribution in [2.45, 2.75) is 303 Å². The molecule has 5 atom stereocenters. The number of esters is 4. The van der Waals surface area contributed by atoms with Gasteiger partial charge in [0.05, 0.1) is 26.4 Å².